The van der Waals surface area contributed by atoms with Crippen LogP contribution in [0, 0.1) is 0 Å². The third kappa shape index (κ3) is 2.90. The van der Waals surface area contributed by atoms with Gasteiger partial charge in [-0.25, -0.2) is 8.42 Å². The van der Waals surface area contributed by atoms with Crippen LogP contribution in [0.2, 0.25) is 0 Å². The normalized spacial score (nSPS) is 15.2. The minimum atomic E-state index is -3.88. The molecule has 2 aromatic carbocycles. The van der Waals surface area contributed by atoms with E-state index in [-0.39, 0.29) is 38.3 Å². The zero-order valence-electron chi connectivity index (χ0n) is 14.9. The Morgan fingerprint density at radius 3 is 2.50 bits per heavy atom. The van der Waals surface area contributed by atoms with Gasteiger partial charge in [-0.05, 0) is 48.9 Å². The largest absolute Gasteiger partial charge is 0.345 e. The number of carbonyl (C=O) groups excluding carboxylic acids is 2. The van der Waals surface area contributed by atoms with Gasteiger partial charge in [0.1, 0.15) is 0 Å². The summed E-state index contributed by atoms with van der Waals surface area (Å²) in [6.45, 7) is 1.81. The number of amides is 1. The Labute approximate surface area is 162 Å². The number of sulfone groups is 1. The molecular weight excluding hydrogens is 376 g/mol. The third-order valence-corrected chi connectivity index (χ3v) is 6.58. The van der Waals surface area contributed by atoms with Gasteiger partial charge in [-0.3, -0.25) is 14.6 Å². The van der Waals surface area contributed by atoms with Crippen molar-refractivity contribution in [1.82, 2.24) is 10.3 Å². The summed E-state index contributed by atoms with van der Waals surface area (Å²) in [4.78, 5) is 29.2. The van der Waals surface area contributed by atoms with Gasteiger partial charge in [0.2, 0.25) is 9.84 Å². The van der Waals surface area contributed by atoms with Crippen LogP contribution in [-0.4, -0.2) is 25.1 Å². The number of nitrogens with zero attached hydrogens (tertiary/aromatic N) is 1. The van der Waals surface area contributed by atoms with Gasteiger partial charge in [0, 0.05) is 29.1 Å². The molecule has 1 aliphatic rings. The molecule has 6 nitrogen and oxygen atoms in total. The second kappa shape index (κ2) is 6.69. The summed E-state index contributed by atoms with van der Waals surface area (Å²) in [7, 11) is -3.88. The lowest BCUT2D eigenvalue weighted by atomic mass is 10.0. The van der Waals surface area contributed by atoms with Gasteiger partial charge < -0.3 is 5.32 Å². The highest BCUT2D eigenvalue weighted by Gasteiger charge is 2.35. The van der Waals surface area contributed by atoms with Gasteiger partial charge in [-0.2, -0.15) is 0 Å². The highest BCUT2D eigenvalue weighted by molar-refractivity contribution is 7.91. The fraction of sp³-hybridized carbons (Fsp3) is 0.0952. The van der Waals surface area contributed by atoms with E-state index in [0.717, 1.165) is 5.56 Å². The number of ketones is 1. The van der Waals surface area contributed by atoms with E-state index in [9.17, 15) is 18.0 Å². The molecule has 28 heavy (non-hydrogen) atoms. The highest BCUT2D eigenvalue weighted by atomic mass is 32.2. The van der Waals surface area contributed by atoms with Crippen molar-refractivity contribution in [2.45, 2.75) is 22.8 Å². The van der Waals surface area contributed by atoms with E-state index in [4.69, 9.17) is 0 Å². The summed E-state index contributed by atoms with van der Waals surface area (Å²) < 4.78 is 25.9. The molecule has 1 unspecified atom stereocenters. The number of hydrogen-bond donors (Lipinski definition) is 1. The first-order valence-corrected chi connectivity index (χ1v) is 10.1. The first kappa shape index (κ1) is 18.1. The van der Waals surface area contributed by atoms with E-state index in [2.05, 4.69) is 10.3 Å². The molecule has 0 aliphatic carbocycles. The van der Waals surface area contributed by atoms with Crippen molar-refractivity contribution in [1.29, 1.82) is 0 Å². The maximum atomic E-state index is 13.0. The Balaban J connectivity index is 1.70. The SMILES string of the molecule is CC(NC(=O)c1ccc2c(c1)S(=O)(=O)c1ccccc1C2=O)c1cccnc1. The van der Waals surface area contributed by atoms with Crippen molar-refractivity contribution in [2.24, 2.45) is 0 Å². The Morgan fingerprint density at radius 1 is 1.00 bits per heavy atom. The minimum Gasteiger partial charge on any atom is -0.345 e. The quantitative estimate of drug-likeness (QED) is 0.579. The third-order valence-electron chi connectivity index (χ3n) is 4.73. The predicted molar refractivity (Wildman–Crippen MR) is 102 cm³/mol. The Bertz CT molecular complexity index is 1200. The van der Waals surface area contributed by atoms with Crippen LogP contribution in [0.25, 0.3) is 0 Å². The van der Waals surface area contributed by atoms with E-state index >= 15 is 0 Å². The molecule has 3 aromatic rings. The zero-order chi connectivity index (χ0) is 19.9. The molecule has 2 heterocycles. The first-order valence-electron chi connectivity index (χ1n) is 8.63. The second-order valence-electron chi connectivity index (χ2n) is 6.52. The topological polar surface area (TPSA) is 93.2 Å². The van der Waals surface area contributed by atoms with Crippen LogP contribution < -0.4 is 5.32 Å². The number of pyridine rings is 1. The minimum absolute atomic E-state index is 0.0335. The van der Waals surface area contributed by atoms with Crippen molar-refractivity contribution in [2.75, 3.05) is 0 Å². The van der Waals surface area contributed by atoms with Crippen molar-refractivity contribution in [3.05, 3.63) is 89.2 Å². The van der Waals surface area contributed by atoms with Crippen molar-refractivity contribution in [3.8, 4) is 0 Å². The van der Waals surface area contributed by atoms with Gasteiger partial charge in [-0.1, -0.05) is 18.2 Å². The smallest absolute Gasteiger partial charge is 0.251 e. The zero-order valence-corrected chi connectivity index (χ0v) is 15.7. The number of hydrogen-bond acceptors (Lipinski definition) is 5. The summed E-state index contributed by atoms with van der Waals surface area (Å²) in [5, 5.41) is 2.82. The average Bonchev–Trinajstić information content (AvgIpc) is 2.72. The van der Waals surface area contributed by atoms with Crippen LogP contribution in [-0.2, 0) is 9.84 Å². The molecular formula is C21H16N2O4S. The fourth-order valence-corrected chi connectivity index (χ4v) is 4.90. The van der Waals surface area contributed by atoms with Crippen LogP contribution in [0.15, 0.2) is 76.8 Å². The molecule has 0 saturated carbocycles. The molecule has 1 aliphatic heterocycles. The number of carbonyl (C=O) groups is 2. The first-order chi connectivity index (χ1) is 13.4. The summed E-state index contributed by atoms with van der Waals surface area (Å²) in [5.41, 5.74) is 1.23. The van der Waals surface area contributed by atoms with E-state index < -0.39 is 15.7 Å². The standard InChI is InChI=1S/C21H16N2O4S/c1-13(15-5-4-10-22-12-15)23-21(25)14-8-9-17-19(11-14)28(26,27)18-7-3-2-6-16(18)20(17)24/h2-13H,1H3,(H,23,25). The summed E-state index contributed by atoms with van der Waals surface area (Å²) in [6, 6.07) is 13.5. The molecule has 0 spiro atoms. The number of nitrogens with one attached hydrogen (secondary N) is 1. The highest BCUT2D eigenvalue weighted by Crippen LogP contribution is 2.34. The average molecular weight is 392 g/mol. The lowest BCUT2D eigenvalue weighted by Gasteiger charge is -2.20. The number of benzene rings is 2. The van der Waals surface area contributed by atoms with Crippen LogP contribution in [0.5, 0.6) is 0 Å². The molecule has 0 bridgehead atoms. The second-order valence-corrected chi connectivity index (χ2v) is 8.41. The van der Waals surface area contributed by atoms with Crippen molar-refractivity contribution >= 4 is 21.5 Å². The van der Waals surface area contributed by atoms with Crippen LogP contribution in [0.4, 0.5) is 0 Å². The Kier molecular flexibility index (Phi) is 4.31. The van der Waals surface area contributed by atoms with Crippen LogP contribution in [0.3, 0.4) is 0 Å². The van der Waals surface area contributed by atoms with Gasteiger partial charge in [0.25, 0.3) is 5.91 Å². The maximum Gasteiger partial charge on any atom is 0.251 e. The number of fused-ring (bicyclic) bond motifs is 2. The molecule has 1 aromatic heterocycles. The Hall–Kier alpha value is -3.32. The molecule has 0 radical (unpaired) electrons. The summed E-state index contributed by atoms with van der Waals surface area (Å²) in [6.07, 6.45) is 3.29. The molecule has 140 valence electrons. The molecule has 7 heteroatoms. The molecule has 4 rings (SSSR count). The number of rotatable bonds is 3. The lowest BCUT2D eigenvalue weighted by Crippen LogP contribution is -2.27. The lowest BCUT2D eigenvalue weighted by molar-refractivity contribution is 0.0938. The summed E-state index contributed by atoms with van der Waals surface area (Å²) >= 11 is 0. The monoisotopic (exact) mass is 392 g/mol. The molecule has 1 N–H and O–H groups in total. The van der Waals surface area contributed by atoms with E-state index in [1.165, 1.54) is 30.3 Å². The van der Waals surface area contributed by atoms with Crippen molar-refractivity contribution < 1.29 is 18.0 Å². The van der Waals surface area contributed by atoms with Gasteiger partial charge >= 0.3 is 0 Å². The maximum absolute atomic E-state index is 13.0. The van der Waals surface area contributed by atoms with Crippen LogP contribution >= 0.6 is 0 Å². The van der Waals surface area contributed by atoms with E-state index in [1.54, 1.807) is 30.6 Å². The van der Waals surface area contributed by atoms with E-state index in [1.807, 2.05) is 13.0 Å². The fourth-order valence-electron chi connectivity index (χ4n) is 3.22. The van der Waals surface area contributed by atoms with Gasteiger partial charge in [0.15, 0.2) is 5.78 Å². The molecule has 1 atom stereocenters. The van der Waals surface area contributed by atoms with Gasteiger partial charge in [-0.15, -0.1) is 0 Å². The van der Waals surface area contributed by atoms with Gasteiger partial charge in [0.05, 0.1) is 15.8 Å². The van der Waals surface area contributed by atoms with Crippen molar-refractivity contribution in [3.63, 3.8) is 0 Å². The Morgan fingerprint density at radius 2 is 1.75 bits per heavy atom. The molecule has 1 amide bonds. The molecule has 0 fully saturated rings. The van der Waals surface area contributed by atoms with E-state index in [0.29, 0.717) is 0 Å². The summed E-state index contributed by atoms with van der Waals surface area (Å²) in [5.74, 6) is -0.795. The molecule has 0 saturated heterocycles. The predicted octanol–water partition coefficient (Wildman–Crippen LogP) is 2.95. The number of aromatic nitrogens is 1. The van der Waals surface area contributed by atoms with Crippen LogP contribution in [0.1, 0.15) is 44.8 Å².